The van der Waals surface area contributed by atoms with E-state index < -0.39 is 6.04 Å². The summed E-state index contributed by atoms with van der Waals surface area (Å²) in [6.07, 6.45) is 5.32. The van der Waals surface area contributed by atoms with E-state index in [1.54, 1.807) is 11.2 Å². The number of rotatable bonds is 4. The van der Waals surface area contributed by atoms with Gasteiger partial charge in [-0.05, 0) is 37.5 Å². The van der Waals surface area contributed by atoms with Crippen LogP contribution in [0.5, 0.6) is 0 Å². The van der Waals surface area contributed by atoms with Crippen LogP contribution in [0.1, 0.15) is 71.1 Å². The van der Waals surface area contributed by atoms with Gasteiger partial charge < -0.3 is 14.3 Å². The van der Waals surface area contributed by atoms with Crippen molar-refractivity contribution in [1.82, 2.24) is 34.7 Å². The van der Waals surface area contributed by atoms with E-state index in [0.29, 0.717) is 24.8 Å². The van der Waals surface area contributed by atoms with Gasteiger partial charge in [0.05, 0.1) is 23.2 Å². The monoisotopic (exact) mass is 403 g/mol. The molecular weight excluding hydrogens is 382 g/mol. The van der Waals surface area contributed by atoms with Crippen molar-refractivity contribution < 1.29 is 9.21 Å². The van der Waals surface area contributed by atoms with Crippen molar-refractivity contribution in [2.75, 3.05) is 6.54 Å². The lowest BCUT2D eigenvalue weighted by Gasteiger charge is -2.32. The summed E-state index contributed by atoms with van der Waals surface area (Å²) in [6.45, 7) is 2.62. The van der Waals surface area contributed by atoms with Crippen molar-refractivity contribution in [2.45, 2.75) is 44.6 Å². The summed E-state index contributed by atoms with van der Waals surface area (Å²) in [6, 6.07) is 7.73. The summed E-state index contributed by atoms with van der Waals surface area (Å²) in [4.78, 5) is 22.9. The second kappa shape index (κ2) is 6.51. The van der Waals surface area contributed by atoms with Crippen molar-refractivity contribution in [2.24, 2.45) is 0 Å². The Hall–Kier alpha value is -3.49. The van der Waals surface area contributed by atoms with Crippen LogP contribution < -0.4 is 0 Å². The second-order valence-electron chi connectivity index (χ2n) is 7.91. The number of aryl methyl sites for hydroxylation is 1. The lowest BCUT2D eigenvalue weighted by atomic mass is 9.99. The summed E-state index contributed by atoms with van der Waals surface area (Å²) in [5.41, 5.74) is 4.73. The minimum Gasteiger partial charge on any atom is -0.417 e. The Balaban J connectivity index is 1.44. The van der Waals surface area contributed by atoms with Gasteiger partial charge in [0, 0.05) is 30.3 Å². The Morgan fingerprint density at radius 2 is 2.20 bits per heavy atom. The molecule has 9 nitrogen and oxygen atoms in total. The highest BCUT2D eigenvalue weighted by Gasteiger charge is 2.39. The van der Waals surface area contributed by atoms with Gasteiger partial charge in [0.2, 0.25) is 5.89 Å². The zero-order chi connectivity index (χ0) is 20.2. The van der Waals surface area contributed by atoms with Crippen LogP contribution in [0.25, 0.3) is 5.52 Å². The van der Waals surface area contributed by atoms with Gasteiger partial charge in [-0.25, -0.2) is 9.50 Å². The number of pyridine rings is 1. The molecule has 0 spiro atoms. The van der Waals surface area contributed by atoms with E-state index in [1.165, 1.54) is 0 Å². The Morgan fingerprint density at radius 1 is 1.30 bits per heavy atom. The second-order valence-corrected chi connectivity index (χ2v) is 7.91. The van der Waals surface area contributed by atoms with Gasteiger partial charge in [0.15, 0.2) is 0 Å². The fourth-order valence-corrected chi connectivity index (χ4v) is 4.23. The fourth-order valence-electron chi connectivity index (χ4n) is 4.23. The maximum absolute atomic E-state index is 13.4. The molecule has 30 heavy (non-hydrogen) atoms. The number of nitrogens with one attached hydrogen (secondary N) is 1. The number of H-pyrrole nitrogens is 1. The van der Waals surface area contributed by atoms with Crippen LogP contribution >= 0.6 is 0 Å². The lowest BCUT2D eigenvalue weighted by molar-refractivity contribution is 0.0644. The van der Waals surface area contributed by atoms with Crippen LogP contribution in [0, 0.1) is 0 Å². The highest BCUT2D eigenvalue weighted by atomic mass is 16.4. The Bertz CT molecular complexity index is 1250. The van der Waals surface area contributed by atoms with Gasteiger partial charge in [-0.3, -0.25) is 4.79 Å². The molecule has 4 aromatic rings. The first-order chi connectivity index (χ1) is 14.7. The van der Waals surface area contributed by atoms with Gasteiger partial charge in [0.1, 0.15) is 6.04 Å². The van der Waals surface area contributed by atoms with E-state index in [4.69, 9.17) is 9.52 Å². The van der Waals surface area contributed by atoms with E-state index in [-0.39, 0.29) is 11.8 Å². The summed E-state index contributed by atoms with van der Waals surface area (Å²) in [7, 11) is 0. The van der Waals surface area contributed by atoms with Crippen LogP contribution in [0.15, 0.2) is 35.0 Å². The van der Waals surface area contributed by atoms with E-state index >= 15 is 0 Å². The molecule has 0 unspecified atom stereocenters. The van der Waals surface area contributed by atoms with E-state index in [2.05, 4.69) is 33.2 Å². The summed E-state index contributed by atoms with van der Waals surface area (Å²) in [5, 5.41) is 13.0. The maximum atomic E-state index is 13.4. The predicted molar refractivity (Wildman–Crippen MR) is 106 cm³/mol. The number of imidazole rings is 1. The van der Waals surface area contributed by atoms with Gasteiger partial charge in [-0.15, -0.1) is 10.2 Å². The van der Waals surface area contributed by atoms with Crippen LogP contribution in [-0.4, -0.2) is 47.1 Å². The normalized spacial score (nSPS) is 18.7. The smallest absolute Gasteiger partial charge is 0.312 e. The number of aromatic nitrogens is 6. The third kappa shape index (κ3) is 2.65. The fraction of sp³-hybridized carbons (Fsp3) is 0.381. The topological polar surface area (TPSA) is 105 Å². The van der Waals surface area contributed by atoms with Gasteiger partial charge >= 0.3 is 11.8 Å². The van der Waals surface area contributed by atoms with Crippen LogP contribution in [-0.2, 0) is 12.8 Å². The average Bonchev–Trinajstić information content (AvgIpc) is 3.19. The highest BCUT2D eigenvalue weighted by Crippen LogP contribution is 2.39. The Labute approximate surface area is 172 Å². The minimum absolute atomic E-state index is 0.0406. The van der Waals surface area contributed by atoms with Crippen molar-refractivity contribution >= 4 is 11.4 Å². The first-order valence-electron chi connectivity index (χ1n) is 10.4. The number of hydrogen-bond donors (Lipinski definition) is 1. The number of carbonyl (C=O) groups is 1. The largest absolute Gasteiger partial charge is 0.417 e. The van der Waals surface area contributed by atoms with Crippen molar-refractivity contribution in [1.29, 1.82) is 0 Å². The average molecular weight is 403 g/mol. The number of carbonyl (C=O) groups excluding carboxylic acids is 1. The number of aromatic amines is 1. The standard InChI is InChI=1S/C21H21N7O2/c1-2-13-4-3-5-14-10-16(26-28(13)14)18-17-15(22-11-23-17)8-9-27(18)21(29)20-25-24-19(30-20)12-6-7-12/h3-5,10-12,18H,2,6-9H2,1H3,(H,22,23)/t18-/m1/s1. The molecule has 6 rings (SSSR count). The van der Waals surface area contributed by atoms with Gasteiger partial charge in [-0.2, -0.15) is 5.10 Å². The van der Waals surface area contributed by atoms with Crippen molar-refractivity contribution in [3.63, 3.8) is 0 Å². The molecule has 1 fully saturated rings. The zero-order valence-corrected chi connectivity index (χ0v) is 16.6. The number of amides is 1. The predicted octanol–water partition coefficient (Wildman–Crippen LogP) is 2.67. The van der Waals surface area contributed by atoms with Crippen molar-refractivity contribution in [3.05, 3.63) is 65.1 Å². The summed E-state index contributed by atoms with van der Waals surface area (Å²) in [5.74, 6) is 0.632. The van der Waals surface area contributed by atoms with E-state index in [9.17, 15) is 4.79 Å². The molecule has 0 saturated heterocycles. The molecule has 2 aliphatic rings. The molecule has 9 heteroatoms. The number of hydrogen-bond acceptors (Lipinski definition) is 6. The van der Waals surface area contributed by atoms with Gasteiger partial charge in [-0.1, -0.05) is 13.0 Å². The summed E-state index contributed by atoms with van der Waals surface area (Å²) >= 11 is 0. The number of nitrogens with zero attached hydrogens (tertiary/aromatic N) is 6. The van der Waals surface area contributed by atoms with Crippen LogP contribution in [0.3, 0.4) is 0 Å². The molecule has 1 amide bonds. The maximum Gasteiger partial charge on any atom is 0.312 e. The van der Waals surface area contributed by atoms with Crippen LogP contribution in [0.4, 0.5) is 0 Å². The molecule has 1 aliphatic heterocycles. The quantitative estimate of drug-likeness (QED) is 0.562. The zero-order valence-electron chi connectivity index (χ0n) is 16.6. The molecule has 1 aliphatic carbocycles. The Kier molecular flexibility index (Phi) is 3.77. The highest BCUT2D eigenvalue weighted by molar-refractivity contribution is 5.90. The molecule has 1 N–H and O–H groups in total. The lowest BCUT2D eigenvalue weighted by Crippen LogP contribution is -2.41. The Morgan fingerprint density at radius 3 is 3.03 bits per heavy atom. The molecule has 5 heterocycles. The number of fused-ring (bicyclic) bond motifs is 2. The molecule has 4 aromatic heterocycles. The van der Waals surface area contributed by atoms with Gasteiger partial charge in [0.25, 0.3) is 0 Å². The first kappa shape index (κ1) is 17.4. The molecule has 1 saturated carbocycles. The minimum atomic E-state index is -0.409. The van der Waals surface area contributed by atoms with E-state index in [1.807, 2.05) is 22.7 Å². The molecule has 0 aromatic carbocycles. The molecule has 0 radical (unpaired) electrons. The van der Waals surface area contributed by atoms with Crippen molar-refractivity contribution in [3.8, 4) is 0 Å². The summed E-state index contributed by atoms with van der Waals surface area (Å²) < 4.78 is 7.65. The molecule has 0 bridgehead atoms. The van der Waals surface area contributed by atoms with E-state index in [0.717, 1.165) is 47.6 Å². The molecule has 1 atom stereocenters. The first-order valence-corrected chi connectivity index (χ1v) is 10.4. The van der Waals surface area contributed by atoms with Crippen LogP contribution in [0.2, 0.25) is 0 Å². The third-order valence-electron chi connectivity index (χ3n) is 5.96. The molecule has 152 valence electrons. The third-order valence-corrected chi connectivity index (χ3v) is 5.96. The SMILES string of the molecule is CCc1cccc2cc([C@@H]3c4nc[nH]c4CCN3C(=O)c3nnc(C4CC4)o3)nn12. The molecular formula is C21H21N7O2.